The van der Waals surface area contributed by atoms with Gasteiger partial charge in [0.2, 0.25) is 0 Å². The van der Waals surface area contributed by atoms with E-state index < -0.39 is 12.0 Å². The van der Waals surface area contributed by atoms with E-state index in [9.17, 15) is 14.7 Å². The van der Waals surface area contributed by atoms with Crippen molar-refractivity contribution in [2.45, 2.75) is 25.9 Å². The molecule has 110 valence electrons. The van der Waals surface area contributed by atoms with Crippen LogP contribution in [0.1, 0.15) is 30.4 Å². The normalized spacial score (nSPS) is 19.4. The third-order valence-electron chi connectivity index (χ3n) is 3.38. The molecule has 0 aliphatic carbocycles. The molecule has 0 spiro atoms. The highest BCUT2D eigenvalue weighted by molar-refractivity contribution is 6.31. The number of amides is 1. The number of nitrogens with zero attached hydrogens (tertiary/aromatic N) is 2. The van der Waals surface area contributed by atoms with E-state index in [1.807, 2.05) is 13.8 Å². The summed E-state index contributed by atoms with van der Waals surface area (Å²) in [6, 6.07) is 0.823. The maximum absolute atomic E-state index is 12.6. The maximum atomic E-state index is 12.6. The molecule has 1 amide bonds. The number of halogens is 1. The molecule has 0 radical (unpaired) electrons. The molecule has 2 rings (SSSR count). The molecule has 0 bridgehead atoms. The third kappa shape index (κ3) is 2.81. The van der Waals surface area contributed by atoms with Crippen LogP contribution in [0.2, 0.25) is 5.02 Å². The van der Waals surface area contributed by atoms with Gasteiger partial charge in [0.1, 0.15) is 11.7 Å². The van der Waals surface area contributed by atoms with Crippen LogP contribution in [0.5, 0.6) is 0 Å². The molecule has 1 saturated heterocycles. The molecule has 0 saturated carbocycles. The number of hydrogen-bond acceptors (Lipinski definition) is 3. The fourth-order valence-corrected chi connectivity index (χ4v) is 2.57. The molecule has 1 aliphatic heterocycles. The lowest BCUT2D eigenvalue weighted by Gasteiger charge is -2.33. The summed E-state index contributed by atoms with van der Waals surface area (Å²) in [5.74, 6) is -1.29. The van der Waals surface area contributed by atoms with E-state index >= 15 is 0 Å². The third-order valence-corrected chi connectivity index (χ3v) is 3.59. The van der Waals surface area contributed by atoms with Gasteiger partial charge in [-0.25, -0.2) is 4.79 Å². The summed E-state index contributed by atoms with van der Waals surface area (Å²) in [6.07, 6.45) is 1.69. The van der Waals surface area contributed by atoms with Crippen LogP contribution in [0, 0.1) is 0 Å². The number of carboxylic acid groups (broad SMARTS) is 1. The summed E-state index contributed by atoms with van der Waals surface area (Å²) in [5.41, 5.74) is 0.429. The van der Waals surface area contributed by atoms with Crippen molar-refractivity contribution in [1.82, 2.24) is 14.8 Å². The van der Waals surface area contributed by atoms with E-state index in [0.29, 0.717) is 23.8 Å². The zero-order valence-electron chi connectivity index (χ0n) is 11.5. The van der Waals surface area contributed by atoms with Gasteiger partial charge in [-0.15, -0.1) is 0 Å². The second-order valence-electron chi connectivity index (χ2n) is 5.10. The first kappa shape index (κ1) is 14.9. The Morgan fingerprint density at radius 2 is 2.20 bits per heavy atom. The summed E-state index contributed by atoms with van der Waals surface area (Å²) in [4.78, 5) is 25.3. The van der Waals surface area contributed by atoms with Gasteiger partial charge in [-0.05, 0) is 19.9 Å². The van der Waals surface area contributed by atoms with E-state index in [1.54, 1.807) is 16.8 Å². The predicted octanol–water partition coefficient (Wildman–Crippen LogP) is 1.22. The predicted molar refractivity (Wildman–Crippen MR) is 75.2 cm³/mol. The number of nitrogens with one attached hydrogen (secondary N) is 1. The SMILES string of the molecule is CC(C)n1cc(Cl)cc1C(=O)N1CCNCC1C(=O)O. The Balaban J connectivity index is 2.32. The Bertz CT molecular complexity index is 527. The van der Waals surface area contributed by atoms with Gasteiger partial charge in [0.15, 0.2) is 0 Å². The van der Waals surface area contributed by atoms with Crippen molar-refractivity contribution < 1.29 is 14.7 Å². The molecule has 1 fully saturated rings. The molecule has 0 aromatic carbocycles. The molecule has 1 unspecified atom stereocenters. The maximum Gasteiger partial charge on any atom is 0.327 e. The minimum Gasteiger partial charge on any atom is -0.480 e. The van der Waals surface area contributed by atoms with Crippen molar-refractivity contribution in [3.05, 3.63) is 23.0 Å². The average molecular weight is 300 g/mol. The smallest absolute Gasteiger partial charge is 0.327 e. The summed E-state index contributed by atoms with van der Waals surface area (Å²) < 4.78 is 1.77. The number of piperazine rings is 1. The number of rotatable bonds is 3. The molecule has 6 nitrogen and oxygen atoms in total. The molecule has 1 aromatic rings. The number of aromatic nitrogens is 1. The van der Waals surface area contributed by atoms with Gasteiger partial charge >= 0.3 is 5.97 Å². The van der Waals surface area contributed by atoms with Crippen LogP contribution in [0.25, 0.3) is 0 Å². The van der Waals surface area contributed by atoms with Gasteiger partial charge in [-0.2, -0.15) is 0 Å². The highest BCUT2D eigenvalue weighted by Gasteiger charge is 2.33. The van der Waals surface area contributed by atoms with Crippen LogP contribution in [0.3, 0.4) is 0 Å². The number of aliphatic carboxylic acids is 1. The summed E-state index contributed by atoms with van der Waals surface area (Å²) in [6.45, 7) is 5.11. The summed E-state index contributed by atoms with van der Waals surface area (Å²) in [5, 5.41) is 12.7. The van der Waals surface area contributed by atoms with Crippen molar-refractivity contribution in [3.63, 3.8) is 0 Å². The minimum absolute atomic E-state index is 0.0765. The Kier molecular flexibility index (Phi) is 4.35. The monoisotopic (exact) mass is 299 g/mol. The van der Waals surface area contributed by atoms with Gasteiger partial charge in [0.05, 0.1) is 5.02 Å². The number of carbonyl (C=O) groups excluding carboxylic acids is 1. The topological polar surface area (TPSA) is 74.6 Å². The molecular formula is C13H18ClN3O3. The first-order valence-corrected chi connectivity index (χ1v) is 6.91. The highest BCUT2D eigenvalue weighted by Crippen LogP contribution is 2.21. The Morgan fingerprint density at radius 1 is 1.50 bits per heavy atom. The highest BCUT2D eigenvalue weighted by atomic mass is 35.5. The lowest BCUT2D eigenvalue weighted by Crippen LogP contribution is -2.57. The van der Waals surface area contributed by atoms with E-state index in [1.165, 1.54) is 4.90 Å². The summed E-state index contributed by atoms with van der Waals surface area (Å²) >= 11 is 5.97. The first-order chi connectivity index (χ1) is 9.41. The molecule has 7 heteroatoms. The van der Waals surface area contributed by atoms with Gasteiger partial charge in [0, 0.05) is 31.9 Å². The average Bonchev–Trinajstić information content (AvgIpc) is 2.80. The Labute approximate surface area is 122 Å². The van der Waals surface area contributed by atoms with Crippen molar-refractivity contribution >= 4 is 23.5 Å². The van der Waals surface area contributed by atoms with Crippen molar-refractivity contribution in [3.8, 4) is 0 Å². The number of carboxylic acids is 1. The molecule has 1 aromatic heterocycles. The Hall–Kier alpha value is -1.53. The minimum atomic E-state index is -1.00. The number of carbonyl (C=O) groups is 2. The lowest BCUT2D eigenvalue weighted by molar-refractivity contribution is -0.142. The van der Waals surface area contributed by atoms with Crippen LogP contribution in [-0.4, -0.2) is 52.1 Å². The van der Waals surface area contributed by atoms with Crippen LogP contribution in [0.15, 0.2) is 12.3 Å². The van der Waals surface area contributed by atoms with Crippen LogP contribution in [-0.2, 0) is 4.79 Å². The fraction of sp³-hybridized carbons (Fsp3) is 0.538. The lowest BCUT2D eigenvalue weighted by atomic mass is 10.1. The zero-order valence-corrected chi connectivity index (χ0v) is 12.2. The standard InChI is InChI=1S/C13H18ClN3O3/c1-8(2)17-7-9(14)5-10(17)12(18)16-4-3-15-6-11(16)13(19)20/h5,7-8,11,15H,3-4,6H2,1-2H3,(H,19,20). The molecule has 1 atom stereocenters. The molecular weight excluding hydrogens is 282 g/mol. The van der Waals surface area contributed by atoms with Gasteiger partial charge in [-0.3, -0.25) is 4.79 Å². The van der Waals surface area contributed by atoms with Gasteiger partial charge in [0.25, 0.3) is 5.91 Å². The van der Waals surface area contributed by atoms with Crippen LogP contribution in [0.4, 0.5) is 0 Å². The van der Waals surface area contributed by atoms with Crippen molar-refractivity contribution in [2.75, 3.05) is 19.6 Å². The number of hydrogen-bond donors (Lipinski definition) is 2. The second-order valence-corrected chi connectivity index (χ2v) is 5.54. The van der Waals surface area contributed by atoms with Crippen LogP contribution < -0.4 is 5.32 Å². The Morgan fingerprint density at radius 3 is 2.80 bits per heavy atom. The first-order valence-electron chi connectivity index (χ1n) is 6.53. The molecule has 2 heterocycles. The van der Waals surface area contributed by atoms with Gasteiger partial charge in [-0.1, -0.05) is 11.6 Å². The van der Waals surface area contributed by atoms with E-state index in [-0.39, 0.29) is 18.5 Å². The molecule has 2 N–H and O–H groups in total. The molecule has 20 heavy (non-hydrogen) atoms. The summed E-state index contributed by atoms with van der Waals surface area (Å²) in [7, 11) is 0. The quantitative estimate of drug-likeness (QED) is 0.880. The van der Waals surface area contributed by atoms with Crippen molar-refractivity contribution in [1.29, 1.82) is 0 Å². The fourth-order valence-electron chi connectivity index (χ4n) is 2.36. The van der Waals surface area contributed by atoms with Gasteiger partial charge < -0.3 is 19.9 Å². The zero-order chi connectivity index (χ0) is 14.9. The second kappa shape index (κ2) is 5.85. The van der Waals surface area contributed by atoms with Crippen LogP contribution >= 0.6 is 11.6 Å². The molecule has 1 aliphatic rings. The van der Waals surface area contributed by atoms with E-state index in [0.717, 1.165) is 0 Å². The largest absolute Gasteiger partial charge is 0.480 e. The van der Waals surface area contributed by atoms with E-state index in [4.69, 9.17) is 11.6 Å². The van der Waals surface area contributed by atoms with E-state index in [2.05, 4.69) is 5.32 Å². The van der Waals surface area contributed by atoms with Crippen molar-refractivity contribution in [2.24, 2.45) is 0 Å².